The maximum Gasteiger partial charge on any atom is 0.146 e. The summed E-state index contributed by atoms with van der Waals surface area (Å²) in [6.45, 7) is 3.76. The van der Waals surface area contributed by atoms with Crippen molar-refractivity contribution in [2.24, 2.45) is 5.73 Å². The lowest BCUT2D eigenvalue weighted by atomic mass is 10.0. The molecule has 1 aromatic carbocycles. The summed E-state index contributed by atoms with van der Waals surface area (Å²) in [4.78, 5) is 4.45. The first-order valence-electron chi connectivity index (χ1n) is 6.72. The molecule has 0 spiro atoms. The number of benzene rings is 1. The smallest absolute Gasteiger partial charge is 0.146 e. The molecule has 1 aliphatic heterocycles. The molecule has 0 amide bonds. The van der Waals surface area contributed by atoms with Crippen molar-refractivity contribution < 1.29 is 4.39 Å². The van der Waals surface area contributed by atoms with Gasteiger partial charge in [0.25, 0.3) is 0 Å². The Kier molecular flexibility index (Phi) is 5.19. The van der Waals surface area contributed by atoms with Crippen molar-refractivity contribution in [3.05, 3.63) is 28.5 Å². The van der Waals surface area contributed by atoms with Gasteiger partial charge in [0, 0.05) is 43.7 Å². The van der Waals surface area contributed by atoms with Crippen molar-refractivity contribution in [2.75, 3.05) is 38.1 Å². The second-order valence-electron chi connectivity index (χ2n) is 5.07. The van der Waals surface area contributed by atoms with E-state index in [-0.39, 0.29) is 5.82 Å². The topological polar surface area (TPSA) is 32.5 Å². The molecule has 0 atom stereocenters. The van der Waals surface area contributed by atoms with Crippen LogP contribution in [0.1, 0.15) is 12.8 Å². The van der Waals surface area contributed by atoms with Crippen molar-refractivity contribution in [2.45, 2.75) is 18.9 Å². The second-order valence-corrected chi connectivity index (χ2v) is 5.98. The maximum absolute atomic E-state index is 13.9. The zero-order valence-electron chi connectivity index (χ0n) is 11.3. The van der Waals surface area contributed by atoms with Gasteiger partial charge >= 0.3 is 0 Å². The molecular formula is C14H21BrFN3. The minimum Gasteiger partial charge on any atom is -0.369 e. The minimum absolute atomic E-state index is 0.157. The predicted molar refractivity (Wildman–Crippen MR) is 81.0 cm³/mol. The average molecular weight is 330 g/mol. The van der Waals surface area contributed by atoms with Crippen LogP contribution in [0.5, 0.6) is 0 Å². The van der Waals surface area contributed by atoms with Gasteiger partial charge in [0.05, 0.1) is 5.69 Å². The fourth-order valence-electron chi connectivity index (χ4n) is 2.67. The Labute approximate surface area is 122 Å². The normalized spacial score (nSPS) is 17.7. The first-order valence-corrected chi connectivity index (χ1v) is 7.51. The van der Waals surface area contributed by atoms with E-state index in [9.17, 15) is 4.39 Å². The number of rotatable bonds is 4. The summed E-state index contributed by atoms with van der Waals surface area (Å²) in [5.41, 5.74) is 6.25. The largest absolute Gasteiger partial charge is 0.369 e. The van der Waals surface area contributed by atoms with Crippen LogP contribution < -0.4 is 10.6 Å². The fraction of sp³-hybridized carbons (Fsp3) is 0.571. The summed E-state index contributed by atoms with van der Waals surface area (Å²) in [5, 5.41) is 0. The quantitative estimate of drug-likeness (QED) is 0.920. The number of hydrogen-bond acceptors (Lipinski definition) is 3. The van der Waals surface area contributed by atoms with Gasteiger partial charge in [-0.25, -0.2) is 4.39 Å². The first kappa shape index (κ1) is 14.8. The van der Waals surface area contributed by atoms with Crippen LogP contribution in [0.4, 0.5) is 10.1 Å². The molecular weight excluding hydrogens is 309 g/mol. The lowest BCUT2D eigenvalue weighted by molar-refractivity contribution is 0.216. The molecule has 1 saturated heterocycles. The van der Waals surface area contributed by atoms with Gasteiger partial charge in [0.1, 0.15) is 5.82 Å². The third-order valence-corrected chi connectivity index (χ3v) is 4.33. The lowest BCUT2D eigenvalue weighted by Gasteiger charge is -2.37. The summed E-state index contributed by atoms with van der Waals surface area (Å²) < 4.78 is 14.8. The van der Waals surface area contributed by atoms with Crippen LogP contribution in [0.25, 0.3) is 0 Å². The Morgan fingerprint density at radius 3 is 2.74 bits per heavy atom. The zero-order valence-corrected chi connectivity index (χ0v) is 12.9. The Hall–Kier alpha value is -0.650. The maximum atomic E-state index is 13.9. The molecule has 1 aromatic rings. The van der Waals surface area contributed by atoms with E-state index in [2.05, 4.69) is 25.7 Å². The van der Waals surface area contributed by atoms with Crippen LogP contribution >= 0.6 is 15.9 Å². The highest BCUT2D eigenvalue weighted by Crippen LogP contribution is 2.27. The number of nitrogens with two attached hydrogens (primary N) is 1. The van der Waals surface area contributed by atoms with E-state index < -0.39 is 0 Å². The Balaban J connectivity index is 2.01. The van der Waals surface area contributed by atoms with Gasteiger partial charge in [0.15, 0.2) is 0 Å². The van der Waals surface area contributed by atoms with Gasteiger partial charge in [0.2, 0.25) is 0 Å². The monoisotopic (exact) mass is 329 g/mol. The van der Waals surface area contributed by atoms with Gasteiger partial charge in [-0.2, -0.15) is 0 Å². The summed E-state index contributed by atoms with van der Waals surface area (Å²) in [6.07, 6.45) is 2.12. The minimum atomic E-state index is -0.157. The molecule has 19 heavy (non-hydrogen) atoms. The number of anilines is 1. The van der Waals surface area contributed by atoms with E-state index in [0.29, 0.717) is 18.3 Å². The SMILES string of the molecule is CN(c1cc(Br)ccc1F)C1CCN(CCN)CC1. The van der Waals surface area contributed by atoms with E-state index in [1.54, 1.807) is 6.07 Å². The average Bonchev–Trinajstić information content (AvgIpc) is 2.42. The van der Waals surface area contributed by atoms with Gasteiger partial charge in [-0.15, -0.1) is 0 Å². The molecule has 0 aliphatic carbocycles. The molecule has 0 radical (unpaired) electrons. The van der Waals surface area contributed by atoms with Gasteiger partial charge in [-0.3, -0.25) is 0 Å². The van der Waals surface area contributed by atoms with E-state index >= 15 is 0 Å². The molecule has 0 bridgehead atoms. The Morgan fingerprint density at radius 1 is 1.42 bits per heavy atom. The van der Waals surface area contributed by atoms with E-state index in [4.69, 9.17) is 5.73 Å². The number of hydrogen-bond donors (Lipinski definition) is 1. The number of nitrogens with zero attached hydrogens (tertiary/aromatic N) is 2. The highest BCUT2D eigenvalue weighted by Gasteiger charge is 2.23. The fourth-order valence-corrected chi connectivity index (χ4v) is 3.01. The van der Waals surface area contributed by atoms with E-state index in [1.807, 2.05) is 13.1 Å². The molecule has 3 nitrogen and oxygen atoms in total. The molecule has 0 saturated carbocycles. The Morgan fingerprint density at radius 2 is 2.11 bits per heavy atom. The molecule has 0 unspecified atom stereocenters. The third kappa shape index (κ3) is 3.68. The van der Waals surface area contributed by atoms with Crippen LogP contribution in [-0.2, 0) is 0 Å². The van der Waals surface area contributed by atoms with Crippen molar-refractivity contribution in [3.63, 3.8) is 0 Å². The zero-order chi connectivity index (χ0) is 13.8. The highest BCUT2D eigenvalue weighted by molar-refractivity contribution is 9.10. The molecule has 1 aliphatic rings. The lowest BCUT2D eigenvalue weighted by Crippen LogP contribution is -2.45. The molecule has 2 rings (SSSR count). The van der Waals surface area contributed by atoms with Crippen molar-refractivity contribution >= 4 is 21.6 Å². The summed E-state index contributed by atoms with van der Waals surface area (Å²) in [6, 6.07) is 5.50. The number of likely N-dealkylation sites (tertiary alicyclic amines) is 1. The predicted octanol–water partition coefficient (Wildman–Crippen LogP) is 2.45. The summed E-state index contributed by atoms with van der Waals surface area (Å²) >= 11 is 3.40. The molecule has 0 aromatic heterocycles. The van der Waals surface area contributed by atoms with Crippen molar-refractivity contribution in [1.29, 1.82) is 0 Å². The standard InChI is InChI=1S/C14H21BrFN3/c1-18(14-10-11(15)2-3-13(14)16)12-4-7-19(8-5-12)9-6-17/h2-3,10,12H,4-9,17H2,1H3. The van der Waals surface area contributed by atoms with Crippen molar-refractivity contribution in [3.8, 4) is 0 Å². The van der Waals surface area contributed by atoms with Crippen LogP contribution in [0.3, 0.4) is 0 Å². The first-order chi connectivity index (χ1) is 9.11. The number of halogens is 2. The van der Waals surface area contributed by atoms with Crippen LogP contribution in [0.2, 0.25) is 0 Å². The molecule has 2 N–H and O–H groups in total. The van der Waals surface area contributed by atoms with Crippen LogP contribution in [0, 0.1) is 5.82 Å². The molecule has 106 valence electrons. The summed E-state index contributed by atoms with van der Waals surface area (Å²) in [7, 11) is 1.98. The molecule has 1 fully saturated rings. The second kappa shape index (κ2) is 6.68. The van der Waals surface area contributed by atoms with Crippen molar-refractivity contribution in [1.82, 2.24) is 4.90 Å². The molecule has 1 heterocycles. The number of piperidine rings is 1. The van der Waals surface area contributed by atoms with Gasteiger partial charge in [-0.05, 0) is 31.0 Å². The van der Waals surface area contributed by atoms with Gasteiger partial charge in [-0.1, -0.05) is 15.9 Å². The summed E-state index contributed by atoms with van der Waals surface area (Å²) in [5.74, 6) is -0.157. The Bertz CT molecular complexity index is 419. The van der Waals surface area contributed by atoms with Crippen LogP contribution in [0.15, 0.2) is 22.7 Å². The van der Waals surface area contributed by atoms with E-state index in [0.717, 1.165) is 36.9 Å². The van der Waals surface area contributed by atoms with Crippen LogP contribution in [-0.4, -0.2) is 44.2 Å². The molecule has 5 heteroatoms. The highest BCUT2D eigenvalue weighted by atomic mass is 79.9. The van der Waals surface area contributed by atoms with E-state index in [1.165, 1.54) is 6.07 Å². The third-order valence-electron chi connectivity index (χ3n) is 3.84. The van der Waals surface area contributed by atoms with Gasteiger partial charge < -0.3 is 15.5 Å².